The molecule has 0 aromatic heterocycles. The predicted molar refractivity (Wildman–Crippen MR) is 187 cm³/mol. The molecule has 0 spiro atoms. The van der Waals surface area contributed by atoms with Crippen LogP contribution in [0, 0.1) is 6.92 Å². The number of nitrogens with one attached hydrogen (secondary N) is 1. The molecule has 248 valence electrons. The number of carbonyl (C=O) groups excluding carboxylic acids is 2. The van der Waals surface area contributed by atoms with Crippen molar-refractivity contribution in [2.24, 2.45) is 0 Å². The average molecular weight is 676 g/mol. The van der Waals surface area contributed by atoms with Gasteiger partial charge in [-0.1, -0.05) is 90.8 Å². The number of para-hydroxylation sites is 2. The van der Waals surface area contributed by atoms with E-state index in [9.17, 15) is 18.0 Å². The summed E-state index contributed by atoms with van der Waals surface area (Å²) >= 11 is 6.33. The van der Waals surface area contributed by atoms with Gasteiger partial charge in [0.1, 0.15) is 18.3 Å². The Balaban J connectivity index is 1.84. The van der Waals surface area contributed by atoms with Gasteiger partial charge in [0.25, 0.3) is 10.0 Å². The van der Waals surface area contributed by atoms with Crippen molar-refractivity contribution in [3.05, 3.63) is 125 Å². The molecule has 0 aliphatic heterocycles. The molecule has 0 unspecified atom stereocenters. The summed E-state index contributed by atoms with van der Waals surface area (Å²) in [6.07, 6.45) is 0.915. The Bertz CT molecular complexity index is 1750. The van der Waals surface area contributed by atoms with Crippen molar-refractivity contribution in [3.8, 4) is 5.75 Å². The van der Waals surface area contributed by atoms with Gasteiger partial charge in [-0.15, -0.1) is 0 Å². The van der Waals surface area contributed by atoms with Crippen molar-refractivity contribution < 1.29 is 22.7 Å². The van der Waals surface area contributed by atoms with Gasteiger partial charge in [-0.05, 0) is 74.7 Å². The number of rotatable bonds is 15. The van der Waals surface area contributed by atoms with E-state index in [4.69, 9.17) is 16.3 Å². The number of nitrogens with zero attached hydrogens (tertiary/aromatic N) is 2. The summed E-state index contributed by atoms with van der Waals surface area (Å²) in [4.78, 5) is 30.1. The van der Waals surface area contributed by atoms with Gasteiger partial charge >= 0.3 is 0 Å². The van der Waals surface area contributed by atoms with Crippen LogP contribution in [0.3, 0.4) is 0 Å². The summed E-state index contributed by atoms with van der Waals surface area (Å²) < 4.78 is 35.6. The maximum atomic E-state index is 14.7. The molecule has 8 nitrogen and oxygen atoms in total. The highest BCUT2D eigenvalue weighted by molar-refractivity contribution is 7.92. The monoisotopic (exact) mass is 675 g/mol. The van der Waals surface area contributed by atoms with Crippen molar-refractivity contribution in [1.29, 1.82) is 0 Å². The van der Waals surface area contributed by atoms with Crippen LogP contribution in [0.1, 0.15) is 43.9 Å². The Morgan fingerprint density at radius 1 is 0.872 bits per heavy atom. The number of amides is 2. The van der Waals surface area contributed by atoms with Crippen molar-refractivity contribution in [1.82, 2.24) is 10.2 Å². The van der Waals surface area contributed by atoms with Gasteiger partial charge in [0, 0.05) is 24.0 Å². The zero-order chi connectivity index (χ0) is 34.0. The maximum Gasteiger partial charge on any atom is 0.264 e. The summed E-state index contributed by atoms with van der Waals surface area (Å²) in [5.74, 6) is -0.580. The molecule has 2 atom stereocenters. The quantitative estimate of drug-likeness (QED) is 0.150. The number of benzene rings is 4. The summed E-state index contributed by atoms with van der Waals surface area (Å²) in [7, 11) is -4.26. The van der Waals surface area contributed by atoms with Gasteiger partial charge in [-0.25, -0.2) is 8.42 Å². The van der Waals surface area contributed by atoms with Crippen LogP contribution in [-0.2, 0) is 32.6 Å². The molecule has 0 aliphatic carbocycles. The molecular formula is C37H42ClN3O5S. The van der Waals surface area contributed by atoms with Crippen molar-refractivity contribution in [2.75, 3.05) is 17.5 Å². The summed E-state index contributed by atoms with van der Waals surface area (Å²) in [5.41, 5.74) is 2.66. The maximum absolute atomic E-state index is 14.7. The van der Waals surface area contributed by atoms with Crippen molar-refractivity contribution in [3.63, 3.8) is 0 Å². The summed E-state index contributed by atoms with van der Waals surface area (Å²) in [6.45, 7) is 7.28. The standard InChI is InChI=1S/C37H42ClN3O5S/c1-5-28(4)39-37(43)34(24-29-13-8-7-9-14-29)40(25-30-15-12-16-31(38)23-30)36(42)26-41(33-17-10-11-18-35(33)46-6-2)47(44,45)32-21-19-27(3)20-22-32/h7-23,28,34H,5-6,24-26H2,1-4H3,(H,39,43)/t28-,34-/m0/s1. The van der Waals surface area contributed by atoms with E-state index >= 15 is 0 Å². The van der Waals surface area contributed by atoms with E-state index < -0.39 is 28.5 Å². The number of hydrogen-bond donors (Lipinski definition) is 1. The van der Waals surface area contributed by atoms with E-state index in [1.54, 1.807) is 61.5 Å². The van der Waals surface area contributed by atoms with E-state index in [0.29, 0.717) is 29.4 Å². The molecule has 2 amide bonds. The lowest BCUT2D eigenvalue weighted by Gasteiger charge is -2.34. The second kappa shape index (κ2) is 16.5. The fraction of sp³-hybridized carbons (Fsp3) is 0.297. The number of sulfonamides is 1. The first-order chi connectivity index (χ1) is 22.5. The molecule has 0 fully saturated rings. The van der Waals surface area contributed by atoms with Crippen LogP contribution in [0.25, 0.3) is 0 Å². The highest BCUT2D eigenvalue weighted by atomic mass is 35.5. The topological polar surface area (TPSA) is 96.0 Å². The highest BCUT2D eigenvalue weighted by Crippen LogP contribution is 2.33. The Labute approximate surface area is 283 Å². The molecule has 0 aliphatic rings. The number of aryl methyl sites for hydroxylation is 1. The highest BCUT2D eigenvalue weighted by Gasteiger charge is 2.35. The van der Waals surface area contributed by atoms with Gasteiger partial charge < -0.3 is 15.0 Å². The van der Waals surface area contributed by atoms with E-state index in [0.717, 1.165) is 15.4 Å². The number of hydrogen-bond acceptors (Lipinski definition) is 5. The molecule has 0 bridgehead atoms. The second-order valence-electron chi connectivity index (χ2n) is 11.4. The molecule has 4 aromatic rings. The third-order valence-corrected chi connectivity index (χ3v) is 9.84. The third kappa shape index (κ3) is 9.36. The minimum Gasteiger partial charge on any atom is -0.492 e. The molecule has 47 heavy (non-hydrogen) atoms. The Morgan fingerprint density at radius 2 is 1.53 bits per heavy atom. The van der Waals surface area contributed by atoms with Crippen LogP contribution in [0.4, 0.5) is 5.69 Å². The molecule has 0 saturated carbocycles. The molecular weight excluding hydrogens is 634 g/mol. The van der Waals surface area contributed by atoms with Crippen molar-refractivity contribution in [2.45, 2.75) is 64.1 Å². The average Bonchev–Trinajstić information content (AvgIpc) is 3.06. The van der Waals surface area contributed by atoms with Gasteiger partial charge in [-0.2, -0.15) is 0 Å². The number of halogens is 1. The number of ether oxygens (including phenoxy) is 1. The first-order valence-corrected chi connectivity index (χ1v) is 17.5. The molecule has 0 heterocycles. The zero-order valence-corrected chi connectivity index (χ0v) is 28.8. The SMILES string of the molecule is CCOc1ccccc1N(CC(=O)N(Cc1cccc(Cl)c1)[C@@H](Cc1ccccc1)C(=O)N[C@@H](C)CC)S(=O)(=O)c1ccc(C)cc1. The first-order valence-electron chi connectivity index (χ1n) is 15.7. The molecule has 1 N–H and O–H groups in total. The lowest BCUT2D eigenvalue weighted by atomic mass is 10.0. The molecule has 0 saturated heterocycles. The number of carbonyl (C=O) groups is 2. The van der Waals surface area contributed by atoms with Gasteiger partial charge in [0.05, 0.1) is 17.2 Å². The Morgan fingerprint density at radius 3 is 2.19 bits per heavy atom. The molecule has 4 rings (SSSR count). The minimum absolute atomic E-state index is 0.0242. The van der Waals surface area contributed by atoms with Crippen LogP contribution >= 0.6 is 11.6 Å². The number of anilines is 1. The van der Waals surface area contributed by atoms with E-state index in [1.165, 1.54) is 17.0 Å². The van der Waals surface area contributed by atoms with Crippen molar-refractivity contribution >= 4 is 39.1 Å². The van der Waals surface area contributed by atoms with Crippen LogP contribution in [0.15, 0.2) is 108 Å². The zero-order valence-electron chi connectivity index (χ0n) is 27.2. The molecule has 0 radical (unpaired) electrons. The van der Waals surface area contributed by atoms with Crippen LogP contribution in [-0.4, -0.2) is 50.4 Å². The summed E-state index contributed by atoms with van der Waals surface area (Å²) in [6, 6.07) is 28.6. The fourth-order valence-electron chi connectivity index (χ4n) is 5.12. The minimum atomic E-state index is -4.26. The predicted octanol–water partition coefficient (Wildman–Crippen LogP) is 6.80. The second-order valence-corrected chi connectivity index (χ2v) is 13.7. The normalized spacial score (nSPS) is 12.5. The first kappa shape index (κ1) is 35.5. The van der Waals surface area contributed by atoms with Crippen LogP contribution < -0.4 is 14.4 Å². The van der Waals surface area contributed by atoms with Gasteiger partial charge in [0.2, 0.25) is 11.8 Å². The Kier molecular flexibility index (Phi) is 12.4. The lowest BCUT2D eigenvalue weighted by Crippen LogP contribution is -2.54. The summed E-state index contributed by atoms with van der Waals surface area (Å²) in [5, 5.41) is 3.52. The lowest BCUT2D eigenvalue weighted by molar-refractivity contribution is -0.140. The van der Waals surface area contributed by atoms with Gasteiger partial charge in [-0.3, -0.25) is 13.9 Å². The van der Waals surface area contributed by atoms with E-state index in [1.807, 2.05) is 57.2 Å². The van der Waals surface area contributed by atoms with E-state index in [-0.39, 0.29) is 35.5 Å². The molecule has 10 heteroatoms. The Hall–Kier alpha value is -4.34. The van der Waals surface area contributed by atoms with E-state index in [2.05, 4.69) is 5.32 Å². The molecule has 4 aromatic carbocycles. The smallest absolute Gasteiger partial charge is 0.264 e. The fourth-order valence-corrected chi connectivity index (χ4v) is 6.76. The van der Waals surface area contributed by atoms with Crippen LogP contribution in [0.2, 0.25) is 5.02 Å². The largest absolute Gasteiger partial charge is 0.492 e. The third-order valence-electron chi connectivity index (χ3n) is 7.84. The van der Waals surface area contributed by atoms with Gasteiger partial charge in [0.15, 0.2) is 0 Å². The van der Waals surface area contributed by atoms with Crippen LogP contribution in [0.5, 0.6) is 5.75 Å².